The molecule has 3 aliphatic rings. The summed E-state index contributed by atoms with van der Waals surface area (Å²) in [5.74, 6) is 0. The van der Waals surface area contributed by atoms with Gasteiger partial charge < -0.3 is 24.8 Å². The van der Waals surface area contributed by atoms with E-state index in [9.17, 15) is 0 Å². The summed E-state index contributed by atoms with van der Waals surface area (Å²) in [4.78, 5) is 0. The number of hydrogen-bond acceptors (Lipinski definition) is 1. The van der Waals surface area contributed by atoms with Crippen molar-refractivity contribution in [1.82, 2.24) is 0 Å². The van der Waals surface area contributed by atoms with Crippen molar-refractivity contribution in [3.63, 3.8) is 0 Å². The van der Waals surface area contributed by atoms with Crippen LogP contribution in [0.15, 0.2) is 47.7 Å². The first-order valence-corrected chi connectivity index (χ1v) is 23.0. The molecular weight excluding hydrogens is 587 g/mol. The monoisotopic (exact) mass is 619 g/mol. The van der Waals surface area contributed by atoms with Gasteiger partial charge >= 0.3 is 194 Å². The van der Waals surface area contributed by atoms with E-state index in [4.69, 9.17) is 4.43 Å². The molecule has 5 rings (SSSR count). The zero-order valence-corrected chi connectivity index (χ0v) is 28.4. The zero-order chi connectivity index (χ0) is 23.1. The molecule has 0 fully saturated rings. The molecule has 0 N–H and O–H groups in total. The fraction of sp³-hybridized carbons (Fsp3) is 0.407. The second-order valence-electron chi connectivity index (χ2n) is 11.9. The molecule has 34 heavy (non-hydrogen) atoms. The zero-order valence-electron chi connectivity index (χ0n) is 21.4. The van der Waals surface area contributed by atoms with E-state index < -0.39 is 24.5 Å². The van der Waals surface area contributed by atoms with E-state index in [1.54, 1.807) is 68.1 Å². The van der Waals surface area contributed by atoms with Gasteiger partial charge in [-0.1, -0.05) is 0 Å². The Labute approximate surface area is 236 Å². The molecule has 0 saturated carbocycles. The molecule has 7 heteroatoms. The first-order chi connectivity index (χ1) is 14.9. The molecule has 1 unspecified atom stereocenters. The van der Waals surface area contributed by atoms with Crippen LogP contribution in [-0.2, 0) is 29.1 Å². The number of hydrogen-bond donors (Lipinski definition) is 0. The van der Waals surface area contributed by atoms with Crippen LogP contribution in [0, 0.1) is 0 Å². The van der Waals surface area contributed by atoms with Crippen LogP contribution in [0.25, 0.3) is 16.7 Å². The van der Waals surface area contributed by atoms with Gasteiger partial charge in [0.1, 0.15) is 0 Å². The molecule has 2 aromatic carbocycles. The van der Waals surface area contributed by atoms with Crippen LogP contribution in [0.4, 0.5) is 0 Å². The predicted molar refractivity (Wildman–Crippen MR) is 143 cm³/mol. The first-order valence-electron chi connectivity index (χ1n) is 12.0. The molecule has 1 aliphatic heterocycles. The van der Waals surface area contributed by atoms with Crippen molar-refractivity contribution in [2.75, 3.05) is 6.61 Å². The van der Waals surface area contributed by atoms with Gasteiger partial charge in [-0.05, 0) is 19.6 Å². The van der Waals surface area contributed by atoms with Crippen molar-refractivity contribution in [1.29, 1.82) is 0 Å². The standard InChI is InChI=1S/C27H35OSi3.2ClH.Zr/c1-29(2,3)28-15-16-30(4,5)25-14-10-13-21(25)24-18-22-20-12-9-8-11-19(20)17-23(22)26-27(24)31(26,6)7;;;/h8-12,14,17-18H,13,15-16H2,1-7H3;2*1H;/q;;;+2/p-2. The van der Waals surface area contributed by atoms with Gasteiger partial charge in [-0.15, -0.1) is 0 Å². The molecule has 0 radical (unpaired) electrons. The van der Waals surface area contributed by atoms with Crippen LogP contribution in [0.3, 0.4) is 0 Å². The largest absolute Gasteiger partial charge is 1.00 e. The van der Waals surface area contributed by atoms with Crippen molar-refractivity contribution < 1.29 is 54.0 Å². The third kappa shape index (κ3) is 4.69. The Morgan fingerprint density at radius 1 is 0.971 bits per heavy atom. The van der Waals surface area contributed by atoms with Crippen molar-refractivity contribution >= 4 is 40.4 Å². The molecular formula is C27H35Cl2OSi3Zr. The third-order valence-corrected chi connectivity index (χ3v) is 16.9. The van der Waals surface area contributed by atoms with Gasteiger partial charge in [0.15, 0.2) is 0 Å². The van der Waals surface area contributed by atoms with Gasteiger partial charge in [-0.25, -0.2) is 0 Å². The average Bonchev–Trinajstić information content (AvgIpc) is 3.04. The van der Waals surface area contributed by atoms with E-state index in [2.05, 4.69) is 88.3 Å². The predicted octanol–water partition coefficient (Wildman–Crippen LogP) is 0.260. The molecule has 0 amide bonds. The maximum Gasteiger partial charge on any atom is -1.00 e. The fourth-order valence-electron chi connectivity index (χ4n) is 5.89. The summed E-state index contributed by atoms with van der Waals surface area (Å²) in [7, 11) is -4.45. The maximum atomic E-state index is 6.28. The number of halogens is 2. The van der Waals surface area contributed by atoms with E-state index in [-0.39, 0.29) is 24.8 Å². The molecule has 1 atom stereocenters. The van der Waals surface area contributed by atoms with Crippen molar-refractivity contribution in [3.8, 4) is 11.1 Å². The second-order valence-corrected chi connectivity index (χ2v) is 26.9. The fourth-order valence-corrected chi connectivity index (χ4v) is 14.8. The van der Waals surface area contributed by atoms with E-state index >= 15 is 0 Å². The molecule has 0 spiro atoms. The van der Waals surface area contributed by atoms with Crippen LogP contribution in [-0.4, -0.2) is 31.1 Å². The van der Waals surface area contributed by atoms with Gasteiger partial charge in [-0.3, -0.25) is 0 Å². The topological polar surface area (TPSA) is 9.23 Å². The molecule has 1 nitrogen and oxygen atoms in total. The Kier molecular flexibility index (Phi) is 8.15. The van der Waals surface area contributed by atoms with Gasteiger partial charge in [0.25, 0.3) is 0 Å². The van der Waals surface area contributed by atoms with Crippen LogP contribution < -0.4 is 35.2 Å². The summed E-state index contributed by atoms with van der Waals surface area (Å²) in [6.45, 7) is 18.1. The number of rotatable bonds is 6. The van der Waals surface area contributed by atoms with Gasteiger partial charge in [0.2, 0.25) is 0 Å². The average molecular weight is 622 g/mol. The Morgan fingerprint density at radius 3 is 2.32 bits per heavy atom. The quantitative estimate of drug-likeness (QED) is 0.421. The number of benzene rings is 2. The third-order valence-electron chi connectivity index (χ3n) is 7.65. The van der Waals surface area contributed by atoms with Crippen LogP contribution in [0.5, 0.6) is 0 Å². The number of allylic oxidation sites excluding steroid dienone is 4. The molecule has 0 aromatic heterocycles. The van der Waals surface area contributed by atoms with Crippen LogP contribution in [0.1, 0.15) is 26.7 Å². The molecule has 1 heterocycles. The van der Waals surface area contributed by atoms with E-state index in [0.717, 1.165) is 13.0 Å². The SMILES string of the molecule is C[Si](C)(C)OCC[Si](C)(C)C1=C(c2cc3c(c4c2[Si]4(C)C)[CH]([Zr+2])c2ccccc2-3)CC=C1.[Cl-].[Cl-]. The minimum atomic E-state index is -1.56. The van der Waals surface area contributed by atoms with Crippen molar-refractivity contribution in [3.05, 3.63) is 64.4 Å². The molecule has 2 aromatic rings. The van der Waals surface area contributed by atoms with E-state index in [1.165, 1.54) is 11.6 Å². The minimum Gasteiger partial charge on any atom is -1.00 e. The van der Waals surface area contributed by atoms with Crippen LogP contribution in [0.2, 0.25) is 51.9 Å². The van der Waals surface area contributed by atoms with Gasteiger partial charge in [-0.2, -0.15) is 0 Å². The Balaban J connectivity index is 0.00000162. The summed E-state index contributed by atoms with van der Waals surface area (Å²) in [6, 6.07) is 13.0. The number of fused-ring (bicyclic) bond motifs is 5. The van der Waals surface area contributed by atoms with E-state index in [1.807, 2.05) is 0 Å². The van der Waals surface area contributed by atoms with Gasteiger partial charge in [0.05, 0.1) is 0 Å². The first kappa shape index (κ1) is 28.6. The van der Waals surface area contributed by atoms with Crippen molar-refractivity contribution in [2.24, 2.45) is 0 Å². The van der Waals surface area contributed by atoms with E-state index in [0.29, 0.717) is 3.63 Å². The Morgan fingerprint density at radius 2 is 1.65 bits per heavy atom. The Bertz CT molecular complexity index is 1200. The summed E-state index contributed by atoms with van der Waals surface area (Å²) >= 11 is 1.63. The van der Waals surface area contributed by atoms with Gasteiger partial charge in [0, 0.05) is 0 Å². The smallest absolute Gasteiger partial charge is 1.00 e. The Hall–Kier alpha value is -0.00623. The summed E-state index contributed by atoms with van der Waals surface area (Å²) < 4.78 is 6.91. The molecule has 2 aliphatic carbocycles. The second kappa shape index (κ2) is 9.70. The van der Waals surface area contributed by atoms with Crippen LogP contribution >= 0.6 is 0 Å². The summed E-state index contributed by atoms with van der Waals surface area (Å²) in [5, 5.41) is 5.25. The molecule has 0 bridgehead atoms. The molecule has 0 saturated heterocycles. The summed E-state index contributed by atoms with van der Waals surface area (Å²) in [6.07, 6.45) is 6.02. The maximum absolute atomic E-state index is 6.28. The molecule has 179 valence electrons. The summed E-state index contributed by atoms with van der Waals surface area (Å²) in [5.41, 5.74) is 9.58. The normalized spacial score (nSPS) is 19.3. The van der Waals surface area contributed by atoms with Crippen molar-refractivity contribution in [2.45, 2.75) is 61.9 Å². The minimum absolute atomic E-state index is 0.